The third kappa shape index (κ3) is 4.36. The number of hydrogen-bond acceptors (Lipinski definition) is 4. The van der Waals surface area contributed by atoms with Gasteiger partial charge in [0.05, 0.1) is 35.4 Å². The normalized spacial score (nSPS) is 12.2. The summed E-state index contributed by atoms with van der Waals surface area (Å²) in [4.78, 5) is 24.7. The second kappa shape index (κ2) is 8.88. The molecule has 1 amide bonds. The van der Waals surface area contributed by atoms with Crippen molar-refractivity contribution in [3.05, 3.63) is 94.3 Å². The van der Waals surface area contributed by atoms with Crippen LogP contribution in [-0.4, -0.2) is 36.5 Å². The molecule has 35 heavy (non-hydrogen) atoms. The summed E-state index contributed by atoms with van der Waals surface area (Å²) in [5, 5.41) is 23.6. The molecule has 2 N–H and O–H groups in total. The third-order valence-corrected chi connectivity index (χ3v) is 6.25. The highest BCUT2D eigenvalue weighted by atomic mass is 35.5. The van der Waals surface area contributed by atoms with E-state index in [1.807, 2.05) is 50.5 Å². The lowest BCUT2D eigenvalue weighted by atomic mass is 10.0. The minimum Gasteiger partial charge on any atom is -0.478 e. The summed E-state index contributed by atoms with van der Waals surface area (Å²) in [6, 6.07) is 15.5. The van der Waals surface area contributed by atoms with E-state index in [1.165, 1.54) is 12.1 Å². The zero-order valence-electron chi connectivity index (χ0n) is 19.1. The molecule has 8 nitrogen and oxygen atoms in total. The topological polar surface area (TPSA) is 102 Å². The lowest BCUT2D eigenvalue weighted by molar-refractivity contribution is 0.0696. The number of nitrogens with zero attached hydrogens (tertiary/aromatic N) is 4. The third-order valence-electron chi connectivity index (χ3n) is 6.00. The van der Waals surface area contributed by atoms with Gasteiger partial charge in [-0.2, -0.15) is 10.2 Å². The molecule has 9 heteroatoms. The van der Waals surface area contributed by atoms with E-state index in [2.05, 4.69) is 15.5 Å². The molecule has 0 aliphatic carbocycles. The second-order valence-electron chi connectivity index (χ2n) is 8.48. The molecule has 0 saturated heterocycles. The van der Waals surface area contributed by atoms with Gasteiger partial charge in [0, 0.05) is 29.0 Å². The van der Waals surface area contributed by atoms with E-state index in [0.29, 0.717) is 22.6 Å². The van der Waals surface area contributed by atoms with Gasteiger partial charge in [-0.15, -0.1) is 0 Å². The van der Waals surface area contributed by atoms with Crippen LogP contribution in [0.1, 0.15) is 44.8 Å². The van der Waals surface area contributed by atoms with Crippen molar-refractivity contribution in [3.8, 4) is 0 Å². The zero-order chi connectivity index (χ0) is 24.7. The Kier molecular flexibility index (Phi) is 5.74. The number of rotatable bonds is 6. The van der Waals surface area contributed by atoms with Gasteiger partial charge in [-0.3, -0.25) is 14.2 Å². The van der Waals surface area contributed by atoms with Gasteiger partial charge in [0.2, 0.25) is 0 Å². The fourth-order valence-corrected chi connectivity index (χ4v) is 4.34. The van der Waals surface area contributed by atoms with Crippen LogP contribution in [0.15, 0.2) is 67.0 Å². The standard InChI is InChI=1S/C26H22ClN5O3/c1-15(17-5-7-18(8-6-17)26(34)35)29-25(33)21-11-19-14-31(2)30-23(19)22-12-28-32(24(21)22)13-16-3-9-20(27)10-4-16/h3-12,14-15H,13H2,1-2H3,(H,29,33)(H,34,35)/t15-/m0/s1. The molecular formula is C26H22ClN5O3. The van der Waals surface area contributed by atoms with Crippen LogP contribution in [0.25, 0.3) is 21.8 Å². The minimum atomic E-state index is -0.991. The number of fused-ring (bicyclic) bond motifs is 3. The molecule has 5 aromatic rings. The van der Waals surface area contributed by atoms with Crippen LogP contribution in [0.2, 0.25) is 5.02 Å². The fraction of sp³-hybridized carbons (Fsp3) is 0.154. The van der Waals surface area contributed by atoms with E-state index in [9.17, 15) is 9.59 Å². The Morgan fingerprint density at radius 1 is 1.11 bits per heavy atom. The summed E-state index contributed by atoms with van der Waals surface area (Å²) >= 11 is 6.03. The number of carboxylic acids is 1. The Morgan fingerprint density at radius 3 is 2.51 bits per heavy atom. The van der Waals surface area contributed by atoms with Crippen molar-refractivity contribution in [1.29, 1.82) is 0 Å². The van der Waals surface area contributed by atoms with Gasteiger partial charge in [-0.05, 0) is 48.4 Å². The second-order valence-corrected chi connectivity index (χ2v) is 8.91. The quantitative estimate of drug-likeness (QED) is 0.357. The number of nitrogens with one attached hydrogen (secondary N) is 1. The maximum Gasteiger partial charge on any atom is 0.335 e. The molecule has 0 bridgehead atoms. The number of carbonyl (C=O) groups is 2. The Labute approximate surface area is 205 Å². The van der Waals surface area contributed by atoms with Gasteiger partial charge >= 0.3 is 5.97 Å². The molecule has 3 aromatic carbocycles. The van der Waals surface area contributed by atoms with Gasteiger partial charge in [0.25, 0.3) is 5.91 Å². The minimum absolute atomic E-state index is 0.196. The zero-order valence-corrected chi connectivity index (χ0v) is 19.8. The molecule has 0 aliphatic heterocycles. The van der Waals surface area contributed by atoms with Crippen molar-refractivity contribution >= 4 is 45.3 Å². The van der Waals surface area contributed by atoms with E-state index in [-0.39, 0.29) is 17.5 Å². The van der Waals surface area contributed by atoms with Crippen molar-refractivity contribution < 1.29 is 14.7 Å². The lowest BCUT2D eigenvalue weighted by Gasteiger charge is -2.16. The first-order chi connectivity index (χ1) is 16.8. The van der Waals surface area contributed by atoms with E-state index in [0.717, 1.165) is 27.4 Å². The molecule has 1 atom stereocenters. The van der Waals surface area contributed by atoms with Crippen LogP contribution in [-0.2, 0) is 13.6 Å². The molecular weight excluding hydrogens is 466 g/mol. The maximum absolute atomic E-state index is 13.5. The number of amides is 1. The number of aromatic carboxylic acids is 1. The predicted octanol–water partition coefficient (Wildman–Crippen LogP) is 4.81. The Hall–Kier alpha value is -4.17. The molecule has 0 spiro atoms. The van der Waals surface area contributed by atoms with E-state index in [4.69, 9.17) is 16.7 Å². The van der Waals surface area contributed by atoms with E-state index in [1.54, 1.807) is 27.7 Å². The summed E-state index contributed by atoms with van der Waals surface area (Å²) in [5.74, 6) is -1.25. The van der Waals surface area contributed by atoms with Gasteiger partial charge in [0.15, 0.2) is 0 Å². The van der Waals surface area contributed by atoms with Crippen LogP contribution in [0.3, 0.4) is 0 Å². The summed E-state index contributed by atoms with van der Waals surface area (Å²) < 4.78 is 3.52. The van der Waals surface area contributed by atoms with Gasteiger partial charge in [-0.25, -0.2) is 4.79 Å². The smallest absolute Gasteiger partial charge is 0.335 e. The fourth-order valence-electron chi connectivity index (χ4n) is 4.22. The van der Waals surface area contributed by atoms with Crippen molar-refractivity contribution in [3.63, 3.8) is 0 Å². The highest BCUT2D eigenvalue weighted by molar-refractivity contribution is 6.30. The summed E-state index contributed by atoms with van der Waals surface area (Å²) in [5.41, 5.74) is 3.95. The number of aryl methyl sites for hydroxylation is 1. The monoisotopic (exact) mass is 487 g/mol. The van der Waals surface area contributed by atoms with Crippen LogP contribution in [0.4, 0.5) is 0 Å². The molecule has 0 unspecified atom stereocenters. The van der Waals surface area contributed by atoms with Crippen molar-refractivity contribution in [1.82, 2.24) is 24.9 Å². The number of halogens is 1. The van der Waals surface area contributed by atoms with Gasteiger partial charge in [0.1, 0.15) is 5.52 Å². The molecule has 176 valence electrons. The van der Waals surface area contributed by atoms with Crippen molar-refractivity contribution in [2.75, 3.05) is 0 Å². The summed E-state index contributed by atoms with van der Waals surface area (Å²) in [6.45, 7) is 2.32. The first kappa shape index (κ1) is 22.6. The number of carboxylic acid groups (broad SMARTS) is 1. The highest BCUT2D eigenvalue weighted by Crippen LogP contribution is 2.29. The van der Waals surface area contributed by atoms with E-state index >= 15 is 0 Å². The first-order valence-corrected chi connectivity index (χ1v) is 11.4. The largest absolute Gasteiger partial charge is 0.478 e. The number of benzene rings is 3. The molecule has 0 saturated carbocycles. The molecule has 0 radical (unpaired) electrons. The van der Waals surface area contributed by atoms with Crippen LogP contribution < -0.4 is 5.32 Å². The molecule has 5 rings (SSSR count). The Bertz CT molecular complexity index is 1570. The van der Waals surface area contributed by atoms with Crippen LogP contribution >= 0.6 is 11.6 Å². The molecule has 0 fully saturated rings. The lowest BCUT2D eigenvalue weighted by Crippen LogP contribution is -2.27. The number of hydrogen-bond donors (Lipinski definition) is 2. The molecule has 2 heterocycles. The SMILES string of the molecule is C[C@H](NC(=O)c1cc2cn(C)nc2c2cnn(Cc3ccc(Cl)cc3)c12)c1ccc(C(=O)O)cc1. The highest BCUT2D eigenvalue weighted by Gasteiger charge is 2.21. The van der Waals surface area contributed by atoms with Gasteiger partial charge in [-0.1, -0.05) is 35.9 Å². The van der Waals surface area contributed by atoms with Crippen LogP contribution in [0.5, 0.6) is 0 Å². The summed E-state index contributed by atoms with van der Waals surface area (Å²) in [7, 11) is 1.84. The average Bonchev–Trinajstić information content (AvgIpc) is 3.42. The number of carbonyl (C=O) groups excluding carboxylic acids is 1. The Morgan fingerprint density at radius 2 is 1.83 bits per heavy atom. The molecule has 2 aromatic heterocycles. The number of aromatic nitrogens is 4. The summed E-state index contributed by atoms with van der Waals surface area (Å²) in [6.07, 6.45) is 3.61. The van der Waals surface area contributed by atoms with Gasteiger partial charge < -0.3 is 10.4 Å². The first-order valence-electron chi connectivity index (χ1n) is 11.0. The van der Waals surface area contributed by atoms with Crippen molar-refractivity contribution in [2.24, 2.45) is 7.05 Å². The van der Waals surface area contributed by atoms with Crippen LogP contribution in [0, 0.1) is 0 Å². The predicted molar refractivity (Wildman–Crippen MR) is 134 cm³/mol. The Balaban J connectivity index is 1.54. The molecule has 0 aliphatic rings. The van der Waals surface area contributed by atoms with Crippen molar-refractivity contribution in [2.45, 2.75) is 19.5 Å². The van der Waals surface area contributed by atoms with E-state index < -0.39 is 5.97 Å². The average molecular weight is 488 g/mol. The maximum atomic E-state index is 13.5.